The Morgan fingerprint density at radius 1 is 1.18 bits per heavy atom. The molecule has 28 heavy (non-hydrogen) atoms. The molecule has 0 radical (unpaired) electrons. The average Bonchev–Trinajstić information content (AvgIpc) is 2.66. The van der Waals surface area contributed by atoms with Gasteiger partial charge in [-0.2, -0.15) is 0 Å². The van der Waals surface area contributed by atoms with Gasteiger partial charge in [-0.1, -0.05) is 57.3 Å². The van der Waals surface area contributed by atoms with Crippen LogP contribution in [0.15, 0.2) is 24.3 Å². The molecule has 1 fully saturated rings. The van der Waals surface area contributed by atoms with Crippen LogP contribution in [-0.2, 0) is 14.3 Å². The maximum absolute atomic E-state index is 12.4. The zero-order valence-electron chi connectivity index (χ0n) is 16.7. The Morgan fingerprint density at radius 3 is 2.50 bits per heavy atom. The summed E-state index contributed by atoms with van der Waals surface area (Å²) in [7, 11) is 0. The second-order valence-electron chi connectivity index (χ2n) is 7.72. The highest BCUT2D eigenvalue weighted by molar-refractivity contribution is 6.33. The summed E-state index contributed by atoms with van der Waals surface area (Å²) in [5.41, 5.74) is 0.284. The normalized spacial score (nSPS) is 20.3. The molecule has 2 N–H and O–H groups in total. The molecule has 154 valence electrons. The standard InChI is InChI=1S/C21H29ClN2O4/c1-13(2)19(24-20(26)15-9-5-6-10-16(15)22)21(27)28-12-18(25)23-17-11-7-4-8-14(17)3/h5-6,9-10,13-14,17,19H,4,7-8,11-12H2,1-3H3,(H,23,25)(H,24,26)/t14-,17+,19-/m0/s1. The molecule has 7 heteroatoms. The predicted molar refractivity (Wildman–Crippen MR) is 108 cm³/mol. The van der Waals surface area contributed by atoms with Gasteiger partial charge in [-0.05, 0) is 36.8 Å². The van der Waals surface area contributed by atoms with Gasteiger partial charge in [0.2, 0.25) is 0 Å². The van der Waals surface area contributed by atoms with E-state index in [9.17, 15) is 14.4 Å². The molecule has 0 aliphatic heterocycles. The molecular formula is C21H29ClN2O4. The molecule has 1 aliphatic rings. The fourth-order valence-electron chi connectivity index (χ4n) is 3.37. The minimum absolute atomic E-state index is 0.126. The molecule has 0 unspecified atom stereocenters. The molecular weight excluding hydrogens is 380 g/mol. The van der Waals surface area contributed by atoms with Crippen LogP contribution >= 0.6 is 11.6 Å². The van der Waals surface area contributed by atoms with Gasteiger partial charge in [0, 0.05) is 6.04 Å². The number of hydrogen-bond acceptors (Lipinski definition) is 4. The van der Waals surface area contributed by atoms with Crippen LogP contribution in [0.5, 0.6) is 0 Å². The molecule has 0 aromatic heterocycles. The number of rotatable bonds is 7. The van der Waals surface area contributed by atoms with Crippen LogP contribution < -0.4 is 10.6 Å². The quantitative estimate of drug-likeness (QED) is 0.677. The summed E-state index contributed by atoms with van der Waals surface area (Å²) in [6, 6.07) is 5.86. The van der Waals surface area contributed by atoms with Crippen molar-refractivity contribution in [1.29, 1.82) is 0 Å². The number of carbonyl (C=O) groups excluding carboxylic acids is 3. The first-order valence-electron chi connectivity index (χ1n) is 9.81. The van der Waals surface area contributed by atoms with Crippen molar-refractivity contribution in [2.75, 3.05) is 6.61 Å². The van der Waals surface area contributed by atoms with Crippen molar-refractivity contribution in [3.8, 4) is 0 Å². The van der Waals surface area contributed by atoms with E-state index < -0.39 is 17.9 Å². The topological polar surface area (TPSA) is 84.5 Å². The molecule has 3 atom stereocenters. The van der Waals surface area contributed by atoms with Crippen LogP contribution in [0.4, 0.5) is 0 Å². The molecule has 1 saturated carbocycles. The Balaban J connectivity index is 1.89. The largest absolute Gasteiger partial charge is 0.454 e. The molecule has 1 aromatic rings. The van der Waals surface area contributed by atoms with Gasteiger partial charge >= 0.3 is 5.97 Å². The van der Waals surface area contributed by atoms with Crippen LogP contribution in [0.3, 0.4) is 0 Å². The highest BCUT2D eigenvalue weighted by Gasteiger charge is 2.28. The van der Waals surface area contributed by atoms with Crippen LogP contribution in [0.2, 0.25) is 5.02 Å². The number of ether oxygens (including phenoxy) is 1. The van der Waals surface area contributed by atoms with Gasteiger partial charge in [-0.25, -0.2) is 4.79 Å². The van der Waals surface area contributed by atoms with E-state index in [1.54, 1.807) is 38.1 Å². The van der Waals surface area contributed by atoms with Crippen molar-refractivity contribution in [1.82, 2.24) is 10.6 Å². The van der Waals surface area contributed by atoms with Gasteiger partial charge < -0.3 is 15.4 Å². The van der Waals surface area contributed by atoms with Gasteiger partial charge in [0.25, 0.3) is 11.8 Å². The lowest BCUT2D eigenvalue weighted by molar-refractivity contribution is -0.151. The van der Waals surface area contributed by atoms with Crippen LogP contribution in [0.1, 0.15) is 56.8 Å². The Bertz CT molecular complexity index is 707. The molecule has 0 spiro atoms. The molecule has 0 heterocycles. The maximum Gasteiger partial charge on any atom is 0.329 e. The van der Waals surface area contributed by atoms with E-state index in [-0.39, 0.29) is 30.0 Å². The third-order valence-corrected chi connectivity index (χ3v) is 5.46. The summed E-state index contributed by atoms with van der Waals surface area (Å²) in [6.07, 6.45) is 4.32. The zero-order chi connectivity index (χ0) is 20.7. The van der Waals surface area contributed by atoms with Crippen LogP contribution in [0, 0.1) is 11.8 Å². The first-order valence-corrected chi connectivity index (χ1v) is 10.2. The number of amides is 2. The minimum atomic E-state index is -0.870. The lowest BCUT2D eigenvalue weighted by Crippen LogP contribution is -2.47. The minimum Gasteiger partial charge on any atom is -0.454 e. The SMILES string of the molecule is CC(C)[C@H](NC(=O)c1ccccc1Cl)C(=O)OCC(=O)N[C@@H]1CCCC[C@@H]1C. The fraction of sp³-hybridized carbons (Fsp3) is 0.571. The van der Waals surface area contributed by atoms with Gasteiger partial charge in [0.05, 0.1) is 10.6 Å². The Labute approximate surface area is 171 Å². The monoisotopic (exact) mass is 408 g/mol. The Hall–Kier alpha value is -2.08. The number of esters is 1. The lowest BCUT2D eigenvalue weighted by atomic mass is 9.86. The summed E-state index contributed by atoms with van der Waals surface area (Å²) >= 11 is 6.04. The van der Waals surface area contributed by atoms with Gasteiger partial charge in [-0.15, -0.1) is 0 Å². The number of hydrogen-bond donors (Lipinski definition) is 2. The van der Waals surface area contributed by atoms with E-state index in [1.165, 1.54) is 6.42 Å². The lowest BCUT2D eigenvalue weighted by Gasteiger charge is -2.29. The van der Waals surface area contributed by atoms with Crippen molar-refractivity contribution >= 4 is 29.4 Å². The summed E-state index contributed by atoms with van der Waals surface area (Å²) in [5.74, 6) is -1.19. The number of nitrogens with one attached hydrogen (secondary N) is 2. The van der Waals surface area contributed by atoms with Crippen molar-refractivity contribution in [2.45, 2.75) is 58.5 Å². The first-order chi connectivity index (χ1) is 13.3. The smallest absolute Gasteiger partial charge is 0.329 e. The second-order valence-corrected chi connectivity index (χ2v) is 8.13. The van der Waals surface area contributed by atoms with Crippen LogP contribution in [0.25, 0.3) is 0 Å². The average molecular weight is 409 g/mol. The Kier molecular flexibility index (Phi) is 8.30. The fourth-order valence-corrected chi connectivity index (χ4v) is 3.59. The molecule has 0 bridgehead atoms. The van der Waals surface area contributed by atoms with E-state index in [1.807, 2.05) is 0 Å². The molecule has 0 saturated heterocycles. The van der Waals surface area contributed by atoms with E-state index in [2.05, 4.69) is 17.6 Å². The first kappa shape index (κ1) is 22.2. The highest BCUT2D eigenvalue weighted by Crippen LogP contribution is 2.23. The summed E-state index contributed by atoms with van der Waals surface area (Å²) in [4.78, 5) is 37.0. The van der Waals surface area contributed by atoms with E-state index in [4.69, 9.17) is 16.3 Å². The van der Waals surface area contributed by atoms with Crippen molar-refractivity contribution < 1.29 is 19.1 Å². The number of halogens is 1. The number of benzene rings is 1. The van der Waals surface area contributed by atoms with Gasteiger partial charge in [-0.3, -0.25) is 9.59 Å². The summed E-state index contributed by atoms with van der Waals surface area (Å²) < 4.78 is 5.17. The third-order valence-electron chi connectivity index (χ3n) is 5.13. The van der Waals surface area contributed by atoms with Gasteiger partial charge in [0.1, 0.15) is 6.04 Å². The van der Waals surface area contributed by atoms with E-state index in [0.29, 0.717) is 10.9 Å². The molecule has 6 nitrogen and oxygen atoms in total. The van der Waals surface area contributed by atoms with Crippen LogP contribution in [-0.4, -0.2) is 36.5 Å². The summed E-state index contributed by atoms with van der Waals surface area (Å²) in [6.45, 7) is 5.35. The molecule has 2 amide bonds. The predicted octanol–water partition coefficient (Wildman–Crippen LogP) is 3.33. The van der Waals surface area contributed by atoms with Gasteiger partial charge in [0.15, 0.2) is 6.61 Å². The van der Waals surface area contributed by atoms with Crippen molar-refractivity contribution in [3.05, 3.63) is 34.9 Å². The van der Waals surface area contributed by atoms with Crippen molar-refractivity contribution in [2.24, 2.45) is 11.8 Å². The third kappa shape index (κ3) is 6.23. The Morgan fingerprint density at radius 2 is 1.86 bits per heavy atom. The summed E-state index contributed by atoms with van der Waals surface area (Å²) in [5, 5.41) is 5.90. The molecule has 2 rings (SSSR count). The molecule has 1 aromatic carbocycles. The highest BCUT2D eigenvalue weighted by atomic mass is 35.5. The zero-order valence-corrected chi connectivity index (χ0v) is 17.4. The van der Waals surface area contributed by atoms with E-state index in [0.717, 1.165) is 19.3 Å². The molecule has 1 aliphatic carbocycles. The maximum atomic E-state index is 12.4. The number of carbonyl (C=O) groups is 3. The van der Waals surface area contributed by atoms with Crippen molar-refractivity contribution in [3.63, 3.8) is 0 Å². The van der Waals surface area contributed by atoms with E-state index >= 15 is 0 Å². The second kappa shape index (κ2) is 10.5.